The fourth-order valence-corrected chi connectivity index (χ4v) is 2.34. The van der Waals surface area contributed by atoms with Gasteiger partial charge in [-0.15, -0.1) is 0 Å². The first-order valence-electron chi connectivity index (χ1n) is 7.67. The Hall–Kier alpha value is -1.63. The lowest BCUT2D eigenvalue weighted by atomic mass is 9.94. The summed E-state index contributed by atoms with van der Waals surface area (Å²) in [5.74, 6) is -1.17. The molecule has 1 heterocycles. The van der Waals surface area contributed by atoms with E-state index in [9.17, 15) is 14.4 Å². The van der Waals surface area contributed by atoms with Crippen molar-refractivity contribution in [2.45, 2.75) is 70.6 Å². The standard InChI is InChI=1S/C15H26N2O5/c1-15(2,3)22-14(21)17-11(7-8-12(18)19)13(20)10-6-4-5-9-16-10/h10-11,16H,4-9H2,1-3H3,(H,17,21)(H,18,19)/t10?,11-/m0/s1. The molecule has 0 radical (unpaired) electrons. The van der Waals surface area contributed by atoms with Gasteiger partial charge in [-0.05, 0) is 46.6 Å². The minimum atomic E-state index is -1.000. The average Bonchev–Trinajstić information content (AvgIpc) is 2.41. The van der Waals surface area contributed by atoms with Crippen LogP contribution in [-0.4, -0.2) is 47.2 Å². The van der Waals surface area contributed by atoms with Crippen molar-refractivity contribution in [2.24, 2.45) is 0 Å². The lowest BCUT2D eigenvalue weighted by molar-refractivity contribution is -0.137. The molecule has 0 aromatic rings. The summed E-state index contributed by atoms with van der Waals surface area (Å²) in [4.78, 5) is 35.1. The Kier molecular flexibility index (Phi) is 6.80. The Morgan fingerprint density at radius 1 is 1.32 bits per heavy atom. The maximum atomic E-state index is 12.5. The van der Waals surface area contributed by atoms with Gasteiger partial charge in [0.1, 0.15) is 5.60 Å². The lowest BCUT2D eigenvalue weighted by Crippen LogP contribution is -2.52. The summed E-state index contributed by atoms with van der Waals surface area (Å²) in [5.41, 5.74) is -0.673. The minimum absolute atomic E-state index is 0.0611. The molecule has 0 spiro atoms. The molecule has 3 N–H and O–H groups in total. The van der Waals surface area contributed by atoms with Crippen molar-refractivity contribution in [1.82, 2.24) is 10.6 Å². The van der Waals surface area contributed by atoms with E-state index >= 15 is 0 Å². The van der Waals surface area contributed by atoms with E-state index in [0.717, 1.165) is 19.4 Å². The first-order chi connectivity index (χ1) is 10.2. The Morgan fingerprint density at radius 2 is 2.00 bits per heavy atom. The molecule has 7 heteroatoms. The molecule has 7 nitrogen and oxygen atoms in total. The molecule has 1 aliphatic heterocycles. The number of rotatable bonds is 6. The number of piperidine rings is 1. The number of hydrogen-bond acceptors (Lipinski definition) is 5. The van der Waals surface area contributed by atoms with Gasteiger partial charge in [0.25, 0.3) is 0 Å². The monoisotopic (exact) mass is 314 g/mol. The van der Waals surface area contributed by atoms with Gasteiger partial charge < -0.3 is 20.5 Å². The van der Waals surface area contributed by atoms with E-state index in [1.165, 1.54) is 0 Å². The van der Waals surface area contributed by atoms with Crippen LogP contribution in [0.15, 0.2) is 0 Å². The van der Waals surface area contributed by atoms with Crippen LogP contribution in [0, 0.1) is 0 Å². The fraction of sp³-hybridized carbons (Fsp3) is 0.800. The van der Waals surface area contributed by atoms with Gasteiger partial charge in [-0.25, -0.2) is 4.79 Å². The van der Waals surface area contributed by atoms with Gasteiger partial charge in [0.2, 0.25) is 0 Å². The Bertz CT molecular complexity index is 411. The molecule has 1 fully saturated rings. The second-order valence-corrected chi connectivity index (χ2v) is 6.54. The highest BCUT2D eigenvalue weighted by molar-refractivity contribution is 5.92. The van der Waals surface area contributed by atoms with Crippen molar-refractivity contribution in [2.75, 3.05) is 6.54 Å². The van der Waals surface area contributed by atoms with Crippen molar-refractivity contribution in [3.63, 3.8) is 0 Å². The molecule has 22 heavy (non-hydrogen) atoms. The highest BCUT2D eigenvalue weighted by Crippen LogP contribution is 2.13. The van der Waals surface area contributed by atoms with Gasteiger partial charge >= 0.3 is 12.1 Å². The molecule has 0 bridgehead atoms. The largest absolute Gasteiger partial charge is 0.481 e. The van der Waals surface area contributed by atoms with Gasteiger partial charge in [0.15, 0.2) is 5.78 Å². The van der Waals surface area contributed by atoms with Gasteiger partial charge in [-0.3, -0.25) is 9.59 Å². The molecule has 0 aliphatic carbocycles. The number of amides is 1. The molecule has 0 aromatic carbocycles. The number of nitrogens with one attached hydrogen (secondary N) is 2. The van der Waals surface area contributed by atoms with Crippen LogP contribution in [0.1, 0.15) is 52.9 Å². The number of carboxylic acids is 1. The zero-order chi connectivity index (χ0) is 16.8. The topological polar surface area (TPSA) is 105 Å². The van der Waals surface area contributed by atoms with Crippen LogP contribution >= 0.6 is 0 Å². The van der Waals surface area contributed by atoms with Crippen molar-refractivity contribution >= 4 is 17.8 Å². The molecule has 126 valence electrons. The summed E-state index contributed by atoms with van der Waals surface area (Å²) in [6.07, 6.45) is 1.85. The third-order valence-corrected chi connectivity index (χ3v) is 3.34. The predicted molar refractivity (Wildman–Crippen MR) is 80.7 cm³/mol. The number of hydrogen-bond donors (Lipinski definition) is 3. The summed E-state index contributed by atoms with van der Waals surface area (Å²) < 4.78 is 5.14. The zero-order valence-electron chi connectivity index (χ0n) is 13.5. The van der Waals surface area contributed by atoms with E-state index in [0.29, 0.717) is 6.42 Å². The number of aliphatic carboxylic acids is 1. The number of carboxylic acid groups (broad SMARTS) is 1. The summed E-state index contributed by atoms with van der Waals surface area (Å²) in [6, 6.07) is -1.18. The zero-order valence-corrected chi connectivity index (χ0v) is 13.5. The molecular weight excluding hydrogens is 288 g/mol. The number of ketones is 1. The van der Waals surface area contributed by atoms with E-state index in [-0.39, 0.29) is 24.7 Å². The van der Waals surface area contributed by atoms with Crippen molar-refractivity contribution in [3.8, 4) is 0 Å². The van der Waals surface area contributed by atoms with Gasteiger partial charge in [0, 0.05) is 6.42 Å². The van der Waals surface area contributed by atoms with Crippen molar-refractivity contribution < 1.29 is 24.2 Å². The third-order valence-electron chi connectivity index (χ3n) is 3.34. The first kappa shape index (κ1) is 18.4. The maximum absolute atomic E-state index is 12.5. The Balaban J connectivity index is 2.67. The predicted octanol–water partition coefficient (Wildman–Crippen LogP) is 1.46. The summed E-state index contributed by atoms with van der Waals surface area (Å²) in [6.45, 7) is 5.94. The second kappa shape index (κ2) is 8.12. The average molecular weight is 314 g/mol. The van der Waals surface area contributed by atoms with Crippen LogP contribution in [0.25, 0.3) is 0 Å². The summed E-state index contributed by atoms with van der Waals surface area (Å²) in [5, 5.41) is 14.4. The van der Waals surface area contributed by atoms with Crippen LogP contribution in [0.4, 0.5) is 4.79 Å². The Morgan fingerprint density at radius 3 is 2.50 bits per heavy atom. The van der Waals surface area contributed by atoms with E-state index < -0.39 is 23.7 Å². The van der Waals surface area contributed by atoms with E-state index in [1.54, 1.807) is 20.8 Å². The molecular formula is C15H26N2O5. The highest BCUT2D eigenvalue weighted by Gasteiger charge is 2.30. The van der Waals surface area contributed by atoms with Gasteiger partial charge in [0.05, 0.1) is 12.1 Å². The van der Waals surface area contributed by atoms with Crippen LogP contribution in [-0.2, 0) is 14.3 Å². The minimum Gasteiger partial charge on any atom is -0.481 e. The number of carbonyl (C=O) groups is 3. The molecule has 0 saturated carbocycles. The molecule has 1 aliphatic rings. The van der Waals surface area contributed by atoms with E-state index in [1.807, 2.05) is 0 Å². The van der Waals surface area contributed by atoms with E-state index in [2.05, 4.69) is 10.6 Å². The molecule has 1 rings (SSSR count). The molecule has 1 unspecified atom stereocenters. The van der Waals surface area contributed by atoms with Gasteiger partial charge in [-0.2, -0.15) is 0 Å². The lowest BCUT2D eigenvalue weighted by Gasteiger charge is -2.28. The number of carbonyl (C=O) groups excluding carboxylic acids is 2. The molecule has 0 aromatic heterocycles. The van der Waals surface area contributed by atoms with Crippen molar-refractivity contribution in [3.05, 3.63) is 0 Å². The van der Waals surface area contributed by atoms with E-state index in [4.69, 9.17) is 9.84 Å². The fourth-order valence-electron chi connectivity index (χ4n) is 2.34. The quantitative estimate of drug-likeness (QED) is 0.685. The van der Waals surface area contributed by atoms with Crippen molar-refractivity contribution in [1.29, 1.82) is 0 Å². The SMILES string of the molecule is CC(C)(C)OC(=O)N[C@@H](CCC(=O)O)C(=O)C1CCCCN1. The van der Waals surface area contributed by atoms with Crippen LogP contribution in [0.3, 0.4) is 0 Å². The molecule has 1 saturated heterocycles. The maximum Gasteiger partial charge on any atom is 0.408 e. The van der Waals surface area contributed by atoms with Gasteiger partial charge in [-0.1, -0.05) is 6.42 Å². The Labute approximate surface area is 130 Å². The summed E-state index contributed by atoms with van der Waals surface area (Å²) in [7, 11) is 0. The number of Topliss-reactive ketones (excluding diaryl/α,β-unsaturated/α-hetero) is 1. The third kappa shape index (κ3) is 6.89. The number of alkyl carbamates (subject to hydrolysis) is 1. The van der Waals surface area contributed by atoms with Crippen LogP contribution < -0.4 is 10.6 Å². The smallest absolute Gasteiger partial charge is 0.408 e. The molecule has 2 atom stereocenters. The van der Waals surface area contributed by atoms with Crippen LogP contribution in [0.2, 0.25) is 0 Å². The first-order valence-corrected chi connectivity index (χ1v) is 7.67. The number of ether oxygens (including phenoxy) is 1. The second-order valence-electron chi connectivity index (χ2n) is 6.54. The van der Waals surface area contributed by atoms with Crippen LogP contribution in [0.5, 0.6) is 0 Å². The molecule has 1 amide bonds. The highest BCUT2D eigenvalue weighted by atomic mass is 16.6. The summed E-state index contributed by atoms with van der Waals surface area (Å²) >= 11 is 0. The normalized spacial score (nSPS) is 20.0.